The van der Waals surface area contributed by atoms with Gasteiger partial charge in [0.25, 0.3) is 5.91 Å². The Morgan fingerprint density at radius 1 is 1.23 bits per heavy atom. The van der Waals surface area contributed by atoms with Crippen LogP contribution < -0.4 is 11.2 Å². The van der Waals surface area contributed by atoms with E-state index < -0.39 is 15.9 Å². The lowest BCUT2D eigenvalue weighted by molar-refractivity contribution is 0.0705. The van der Waals surface area contributed by atoms with Crippen molar-refractivity contribution in [3.63, 3.8) is 0 Å². The highest BCUT2D eigenvalue weighted by Gasteiger charge is 2.29. The molecule has 1 aromatic carbocycles. The van der Waals surface area contributed by atoms with Crippen molar-refractivity contribution in [3.8, 4) is 0 Å². The van der Waals surface area contributed by atoms with Crippen LogP contribution in [-0.2, 0) is 23.0 Å². The van der Waals surface area contributed by atoms with Crippen molar-refractivity contribution in [1.82, 2.24) is 14.8 Å². The molecule has 10 heteroatoms. The molecule has 2 aromatic rings. The fraction of sp³-hybridized carbons (Fsp3) is 0.250. The Kier molecular flexibility index (Phi) is 6.01. The quantitative estimate of drug-likeness (QED) is 0.323. The van der Waals surface area contributed by atoms with Crippen molar-refractivity contribution in [2.24, 2.45) is 5.73 Å². The zero-order valence-corrected chi connectivity index (χ0v) is 17.5. The van der Waals surface area contributed by atoms with E-state index in [0.717, 1.165) is 5.69 Å². The number of pyridine rings is 1. The number of hydrogen-bond donors (Lipinski definition) is 4. The summed E-state index contributed by atoms with van der Waals surface area (Å²) in [6.45, 7) is 3.66. The maximum Gasteiger partial charge on any atom is 0.276 e. The highest BCUT2D eigenvalue weighted by Crippen LogP contribution is 2.26. The number of hydrogen-bond acceptors (Lipinski definition) is 7. The average molecular weight is 430 g/mol. The number of fused-ring (bicyclic) bond motifs is 1. The predicted octanol–water partition coefficient (Wildman–Crippen LogP) is 1.68. The first kappa shape index (κ1) is 21.6. The normalized spacial score (nSPS) is 15.2. The van der Waals surface area contributed by atoms with E-state index in [9.17, 15) is 13.2 Å². The molecule has 0 atom stereocenters. The number of hydroxylamine groups is 1. The van der Waals surface area contributed by atoms with Crippen molar-refractivity contribution in [2.45, 2.75) is 31.7 Å². The summed E-state index contributed by atoms with van der Waals surface area (Å²) < 4.78 is 27.6. The van der Waals surface area contributed by atoms with Gasteiger partial charge >= 0.3 is 0 Å². The minimum atomic E-state index is -3.77. The van der Waals surface area contributed by atoms with Gasteiger partial charge in [-0.2, -0.15) is 4.31 Å². The van der Waals surface area contributed by atoms with Crippen LogP contribution in [0.25, 0.3) is 5.57 Å². The summed E-state index contributed by atoms with van der Waals surface area (Å²) in [5.74, 6) is -0.707. The number of amides is 1. The van der Waals surface area contributed by atoms with Gasteiger partial charge in [-0.1, -0.05) is 12.1 Å². The van der Waals surface area contributed by atoms with E-state index in [4.69, 9.17) is 16.4 Å². The average Bonchev–Trinajstić information content (AvgIpc) is 2.72. The first-order valence-corrected chi connectivity index (χ1v) is 10.6. The van der Waals surface area contributed by atoms with Gasteiger partial charge in [0.15, 0.2) is 0 Å². The Labute approximate surface area is 174 Å². The van der Waals surface area contributed by atoms with Gasteiger partial charge < -0.3 is 11.1 Å². The third-order valence-corrected chi connectivity index (χ3v) is 6.78. The maximum atomic E-state index is 13.1. The van der Waals surface area contributed by atoms with E-state index >= 15 is 0 Å². The van der Waals surface area contributed by atoms with Gasteiger partial charge in [-0.15, -0.1) is 0 Å². The molecule has 1 aliphatic heterocycles. The third-order valence-electron chi connectivity index (χ3n) is 4.92. The van der Waals surface area contributed by atoms with Gasteiger partial charge in [-0.25, -0.2) is 13.9 Å². The largest absolute Gasteiger partial charge is 0.402 e. The SMILES string of the molecule is CC(=N)/C(=C(/C)N)c1ccc(S(=O)(=O)N2CCc3ncc(C(=O)NO)cc3C2)cc1. The Morgan fingerprint density at radius 2 is 1.90 bits per heavy atom. The van der Waals surface area contributed by atoms with Crippen LogP contribution in [0.2, 0.25) is 0 Å². The number of aromatic nitrogens is 1. The molecule has 0 fully saturated rings. The number of rotatable bonds is 5. The molecule has 0 radical (unpaired) electrons. The molecular formula is C20H23N5O4S. The molecule has 1 amide bonds. The van der Waals surface area contributed by atoms with Gasteiger partial charge in [0, 0.05) is 48.4 Å². The number of carbonyl (C=O) groups excluding carboxylic acids is 1. The number of carbonyl (C=O) groups is 1. The van der Waals surface area contributed by atoms with Gasteiger partial charge in [0.05, 0.1) is 10.5 Å². The van der Waals surface area contributed by atoms with Crippen LogP contribution >= 0.6 is 0 Å². The Balaban J connectivity index is 1.89. The van der Waals surface area contributed by atoms with Crippen molar-refractivity contribution < 1.29 is 18.4 Å². The molecule has 0 unspecified atom stereocenters. The van der Waals surface area contributed by atoms with Gasteiger partial charge in [0.1, 0.15) is 0 Å². The van der Waals surface area contributed by atoms with Crippen LogP contribution in [-0.4, -0.2) is 41.1 Å². The second-order valence-electron chi connectivity index (χ2n) is 7.07. The van der Waals surface area contributed by atoms with Gasteiger partial charge in [-0.3, -0.25) is 15.0 Å². The van der Waals surface area contributed by atoms with Crippen LogP contribution in [0.5, 0.6) is 0 Å². The fourth-order valence-corrected chi connectivity index (χ4v) is 4.90. The molecule has 0 bridgehead atoms. The minimum Gasteiger partial charge on any atom is -0.402 e. The summed E-state index contributed by atoms with van der Waals surface area (Å²) in [5.41, 5.74) is 10.9. The Morgan fingerprint density at radius 3 is 2.47 bits per heavy atom. The van der Waals surface area contributed by atoms with Crippen LogP contribution in [0, 0.1) is 5.41 Å². The zero-order valence-electron chi connectivity index (χ0n) is 16.6. The molecule has 5 N–H and O–H groups in total. The summed E-state index contributed by atoms with van der Waals surface area (Å²) in [4.78, 5) is 16.0. The topological polar surface area (TPSA) is 149 Å². The molecule has 1 aromatic heterocycles. The highest BCUT2D eigenvalue weighted by molar-refractivity contribution is 7.89. The van der Waals surface area contributed by atoms with E-state index in [2.05, 4.69) is 4.98 Å². The lowest BCUT2D eigenvalue weighted by atomic mass is 10.0. The van der Waals surface area contributed by atoms with E-state index in [-0.39, 0.29) is 23.5 Å². The molecule has 9 nitrogen and oxygen atoms in total. The monoisotopic (exact) mass is 429 g/mol. The van der Waals surface area contributed by atoms with Crippen molar-refractivity contribution in [3.05, 3.63) is 64.6 Å². The first-order chi connectivity index (χ1) is 14.1. The fourth-order valence-electron chi connectivity index (χ4n) is 3.48. The summed E-state index contributed by atoms with van der Waals surface area (Å²) in [7, 11) is -3.77. The molecule has 0 saturated heterocycles. The van der Waals surface area contributed by atoms with E-state index in [1.165, 1.54) is 28.7 Å². The molecule has 0 saturated carbocycles. The molecule has 2 heterocycles. The van der Waals surface area contributed by atoms with Crippen molar-refractivity contribution in [2.75, 3.05) is 6.54 Å². The minimum absolute atomic E-state index is 0.0750. The maximum absolute atomic E-state index is 13.1. The number of nitrogens with zero attached hydrogens (tertiary/aromatic N) is 2. The lowest BCUT2D eigenvalue weighted by Gasteiger charge is -2.27. The van der Waals surface area contributed by atoms with Crippen LogP contribution in [0.1, 0.15) is 41.0 Å². The van der Waals surface area contributed by atoms with E-state index in [1.54, 1.807) is 31.5 Å². The van der Waals surface area contributed by atoms with Gasteiger partial charge in [-0.05, 0) is 43.2 Å². The van der Waals surface area contributed by atoms with E-state index in [0.29, 0.717) is 34.5 Å². The Hall–Kier alpha value is -3.08. The van der Waals surface area contributed by atoms with Gasteiger partial charge in [0.2, 0.25) is 10.0 Å². The number of benzene rings is 1. The summed E-state index contributed by atoms with van der Waals surface area (Å²) in [6, 6.07) is 7.81. The Bertz CT molecular complexity index is 1140. The first-order valence-electron chi connectivity index (χ1n) is 9.20. The standard InChI is InChI=1S/C20H23N5O4S/c1-12(21)19(13(2)22)14-3-5-17(6-4-14)30(28,29)25-8-7-18-16(11-25)9-15(10-23-18)20(26)24-27/h3-6,9-10,21,27H,7-8,11,22H2,1-2H3,(H,24,26)/b19-13+,21-12?. The van der Waals surface area contributed by atoms with E-state index in [1.807, 2.05) is 0 Å². The second-order valence-corrected chi connectivity index (χ2v) is 9.00. The summed E-state index contributed by atoms with van der Waals surface area (Å²) in [6.07, 6.45) is 1.77. The molecule has 0 aliphatic carbocycles. The predicted molar refractivity (Wildman–Crippen MR) is 111 cm³/mol. The zero-order chi connectivity index (χ0) is 22.1. The molecule has 30 heavy (non-hydrogen) atoms. The number of allylic oxidation sites excluding steroid dienone is 2. The van der Waals surface area contributed by atoms with Crippen LogP contribution in [0.4, 0.5) is 0 Å². The number of nitrogens with one attached hydrogen (secondary N) is 2. The second kappa shape index (κ2) is 8.34. The summed E-state index contributed by atoms with van der Waals surface area (Å²) >= 11 is 0. The lowest BCUT2D eigenvalue weighted by Crippen LogP contribution is -2.36. The molecule has 1 aliphatic rings. The van der Waals surface area contributed by atoms with Crippen molar-refractivity contribution in [1.29, 1.82) is 5.41 Å². The smallest absolute Gasteiger partial charge is 0.276 e. The van der Waals surface area contributed by atoms with Crippen LogP contribution in [0.3, 0.4) is 0 Å². The van der Waals surface area contributed by atoms with Crippen molar-refractivity contribution >= 4 is 27.2 Å². The molecular weight excluding hydrogens is 406 g/mol. The van der Waals surface area contributed by atoms with Crippen LogP contribution in [0.15, 0.2) is 47.1 Å². The number of nitrogens with two attached hydrogens (primary N) is 1. The number of sulfonamides is 1. The highest BCUT2D eigenvalue weighted by atomic mass is 32.2. The molecule has 0 spiro atoms. The summed E-state index contributed by atoms with van der Waals surface area (Å²) in [5, 5.41) is 16.7. The molecule has 158 valence electrons. The molecule has 3 rings (SSSR count). The third kappa shape index (κ3) is 4.11.